The molecule has 1 fully saturated rings. The third-order valence-electron chi connectivity index (χ3n) is 4.80. The molecule has 1 aromatic carbocycles. The van der Waals surface area contributed by atoms with Crippen LogP contribution in [0.5, 0.6) is 0 Å². The number of aromatic nitrogens is 2. The van der Waals surface area contributed by atoms with E-state index in [0.29, 0.717) is 23.6 Å². The van der Waals surface area contributed by atoms with Crippen LogP contribution < -0.4 is 10.9 Å². The lowest BCUT2D eigenvalue weighted by molar-refractivity contribution is -0.148. The molecule has 2 aromatic rings. The second-order valence-corrected chi connectivity index (χ2v) is 6.54. The Labute approximate surface area is 144 Å². The number of carboxylic acid groups (broad SMARTS) is 1. The van der Waals surface area contributed by atoms with Crippen molar-refractivity contribution in [3.05, 3.63) is 40.8 Å². The van der Waals surface area contributed by atoms with E-state index in [9.17, 15) is 19.5 Å². The first-order valence-electron chi connectivity index (χ1n) is 8.51. The van der Waals surface area contributed by atoms with Gasteiger partial charge in [-0.3, -0.25) is 9.59 Å². The van der Waals surface area contributed by atoms with E-state index in [4.69, 9.17) is 0 Å². The molecule has 2 N–H and O–H groups in total. The molecule has 0 saturated heterocycles. The highest BCUT2D eigenvalue weighted by atomic mass is 16.4. The van der Waals surface area contributed by atoms with Gasteiger partial charge in [-0.05, 0) is 18.9 Å². The zero-order chi connectivity index (χ0) is 17.9. The van der Waals surface area contributed by atoms with Gasteiger partial charge in [-0.2, -0.15) is 5.10 Å². The van der Waals surface area contributed by atoms with Crippen LogP contribution in [-0.4, -0.2) is 32.3 Å². The molecule has 0 spiro atoms. The number of aliphatic carboxylic acids is 1. The molecule has 1 saturated carbocycles. The van der Waals surface area contributed by atoms with Crippen LogP contribution in [-0.2, 0) is 16.1 Å². The quantitative estimate of drug-likeness (QED) is 0.823. The van der Waals surface area contributed by atoms with E-state index in [1.807, 2.05) is 6.07 Å². The Morgan fingerprint density at radius 1 is 1.16 bits per heavy atom. The molecular weight excluding hydrogens is 322 g/mol. The first-order valence-corrected chi connectivity index (χ1v) is 8.51. The maximum Gasteiger partial charge on any atom is 0.329 e. The minimum absolute atomic E-state index is 0.293. The molecule has 1 amide bonds. The Morgan fingerprint density at radius 2 is 1.84 bits per heavy atom. The van der Waals surface area contributed by atoms with Gasteiger partial charge in [0.1, 0.15) is 12.1 Å². The van der Waals surface area contributed by atoms with Crippen LogP contribution in [0.2, 0.25) is 0 Å². The lowest BCUT2D eigenvalue weighted by atomic mass is 9.90. The van der Waals surface area contributed by atoms with Crippen molar-refractivity contribution < 1.29 is 14.7 Å². The van der Waals surface area contributed by atoms with Crippen LogP contribution in [0.3, 0.4) is 0 Å². The van der Waals surface area contributed by atoms with Crippen molar-refractivity contribution in [2.45, 2.75) is 50.6 Å². The summed E-state index contributed by atoms with van der Waals surface area (Å²) in [7, 11) is 0. The summed E-state index contributed by atoms with van der Waals surface area (Å²) in [5.74, 6) is -1.52. The van der Waals surface area contributed by atoms with Crippen molar-refractivity contribution in [3.63, 3.8) is 0 Å². The van der Waals surface area contributed by atoms with E-state index in [0.717, 1.165) is 30.4 Å². The highest BCUT2D eigenvalue weighted by Gasteiger charge is 2.40. The van der Waals surface area contributed by atoms with E-state index in [1.54, 1.807) is 18.2 Å². The minimum Gasteiger partial charge on any atom is -0.480 e. The monoisotopic (exact) mass is 343 g/mol. The number of carbonyl (C=O) groups is 2. The van der Waals surface area contributed by atoms with E-state index in [2.05, 4.69) is 10.4 Å². The van der Waals surface area contributed by atoms with Gasteiger partial charge in [-0.1, -0.05) is 43.9 Å². The predicted octanol–water partition coefficient (Wildman–Crippen LogP) is 1.69. The van der Waals surface area contributed by atoms with Crippen LogP contribution in [0.1, 0.15) is 38.5 Å². The van der Waals surface area contributed by atoms with Crippen LogP contribution >= 0.6 is 0 Å². The Balaban J connectivity index is 1.81. The van der Waals surface area contributed by atoms with Crippen molar-refractivity contribution >= 4 is 22.6 Å². The summed E-state index contributed by atoms with van der Waals surface area (Å²) < 4.78 is 1.07. The maximum absolute atomic E-state index is 12.4. The molecule has 0 aliphatic heterocycles. The lowest BCUT2D eigenvalue weighted by Crippen LogP contribution is -2.55. The molecule has 0 radical (unpaired) electrons. The van der Waals surface area contributed by atoms with Crippen molar-refractivity contribution in [1.82, 2.24) is 15.1 Å². The first-order chi connectivity index (χ1) is 12.0. The molecular formula is C18H21N3O4. The topological polar surface area (TPSA) is 101 Å². The molecule has 7 heteroatoms. The minimum atomic E-state index is -1.24. The Bertz CT molecular complexity index is 851. The Hall–Kier alpha value is -2.70. The van der Waals surface area contributed by atoms with E-state index in [-0.39, 0.29) is 12.1 Å². The van der Waals surface area contributed by atoms with Crippen molar-refractivity contribution in [1.29, 1.82) is 0 Å². The van der Waals surface area contributed by atoms with Crippen LogP contribution in [0.25, 0.3) is 10.8 Å². The highest BCUT2D eigenvalue weighted by molar-refractivity contribution is 5.87. The number of fused-ring (bicyclic) bond motifs is 1. The van der Waals surface area contributed by atoms with Crippen LogP contribution in [0.4, 0.5) is 0 Å². The fourth-order valence-corrected chi connectivity index (χ4v) is 3.41. The number of hydrogen-bond donors (Lipinski definition) is 2. The maximum atomic E-state index is 12.4. The van der Waals surface area contributed by atoms with Crippen LogP contribution in [0.15, 0.2) is 35.3 Å². The summed E-state index contributed by atoms with van der Waals surface area (Å²) in [5, 5.41) is 17.5. The Kier molecular flexibility index (Phi) is 4.83. The number of benzene rings is 1. The number of nitrogens with one attached hydrogen (secondary N) is 1. The van der Waals surface area contributed by atoms with E-state index in [1.165, 1.54) is 6.20 Å². The normalized spacial score (nSPS) is 17.0. The molecule has 0 unspecified atom stereocenters. The molecule has 1 aromatic heterocycles. The van der Waals surface area contributed by atoms with Gasteiger partial charge in [0.15, 0.2) is 0 Å². The van der Waals surface area contributed by atoms with Gasteiger partial charge < -0.3 is 10.4 Å². The summed E-state index contributed by atoms with van der Waals surface area (Å²) in [6.07, 6.45) is 5.82. The van der Waals surface area contributed by atoms with Gasteiger partial charge in [-0.25, -0.2) is 9.48 Å². The number of amides is 1. The van der Waals surface area contributed by atoms with Crippen molar-refractivity contribution in [2.75, 3.05) is 0 Å². The third-order valence-corrected chi connectivity index (χ3v) is 4.80. The zero-order valence-electron chi connectivity index (χ0n) is 13.9. The predicted molar refractivity (Wildman–Crippen MR) is 92.2 cm³/mol. The molecule has 1 aliphatic rings. The molecule has 0 atom stereocenters. The van der Waals surface area contributed by atoms with Crippen molar-refractivity contribution in [3.8, 4) is 0 Å². The van der Waals surface area contributed by atoms with Crippen molar-refractivity contribution in [2.24, 2.45) is 0 Å². The summed E-state index contributed by atoms with van der Waals surface area (Å²) in [6.45, 7) is -0.293. The summed E-state index contributed by atoms with van der Waals surface area (Å²) >= 11 is 0. The van der Waals surface area contributed by atoms with Gasteiger partial charge in [0.25, 0.3) is 5.56 Å². The average Bonchev–Trinajstić information content (AvgIpc) is 2.84. The Morgan fingerprint density at radius 3 is 2.52 bits per heavy atom. The van der Waals surface area contributed by atoms with E-state index < -0.39 is 17.4 Å². The molecule has 1 aliphatic carbocycles. The third kappa shape index (κ3) is 3.55. The molecule has 3 rings (SSSR count). The number of carbonyl (C=O) groups excluding carboxylic acids is 1. The zero-order valence-corrected chi connectivity index (χ0v) is 13.9. The second kappa shape index (κ2) is 7.04. The number of nitrogens with zero attached hydrogens (tertiary/aromatic N) is 2. The number of hydrogen-bond acceptors (Lipinski definition) is 4. The standard InChI is InChI=1S/C18H21N3O4/c22-15(20-18(17(24)25)9-5-1-2-6-10-18)12-21-16(23)14-8-4-3-7-13(14)11-19-21/h3-4,7-8,11H,1-2,5-6,9-10,12H2,(H,20,22)(H,24,25). The molecule has 132 valence electrons. The fourth-order valence-electron chi connectivity index (χ4n) is 3.41. The number of carboxylic acids is 1. The summed E-state index contributed by atoms with van der Waals surface area (Å²) in [5.41, 5.74) is -1.60. The molecule has 1 heterocycles. The van der Waals surface area contributed by atoms with Gasteiger partial charge >= 0.3 is 5.97 Å². The lowest BCUT2D eigenvalue weighted by Gasteiger charge is -2.29. The number of rotatable bonds is 4. The second-order valence-electron chi connectivity index (χ2n) is 6.54. The van der Waals surface area contributed by atoms with Gasteiger partial charge in [-0.15, -0.1) is 0 Å². The SMILES string of the molecule is O=C(Cn1ncc2ccccc2c1=O)NC1(C(=O)O)CCCCCC1. The first kappa shape index (κ1) is 17.1. The molecule has 7 nitrogen and oxygen atoms in total. The summed E-state index contributed by atoms with van der Waals surface area (Å²) in [4.78, 5) is 36.6. The van der Waals surface area contributed by atoms with E-state index >= 15 is 0 Å². The summed E-state index contributed by atoms with van der Waals surface area (Å²) in [6, 6.07) is 7.01. The smallest absolute Gasteiger partial charge is 0.329 e. The van der Waals surface area contributed by atoms with Crippen LogP contribution in [0, 0.1) is 0 Å². The van der Waals surface area contributed by atoms with Gasteiger partial charge in [0.05, 0.1) is 11.6 Å². The highest BCUT2D eigenvalue weighted by Crippen LogP contribution is 2.27. The fraction of sp³-hybridized carbons (Fsp3) is 0.444. The molecule has 0 bridgehead atoms. The molecule has 25 heavy (non-hydrogen) atoms. The largest absolute Gasteiger partial charge is 0.480 e. The average molecular weight is 343 g/mol. The van der Waals surface area contributed by atoms with Gasteiger partial charge in [0, 0.05) is 5.39 Å². The van der Waals surface area contributed by atoms with Gasteiger partial charge in [0.2, 0.25) is 5.91 Å².